The molecule has 8 aromatic rings. The monoisotopic (exact) mass is 626 g/mol. The van der Waals surface area contributed by atoms with Crippen LogP contribution >= 0.6 is 0 Å². The van der Waals surface area contributed by atoms with E-state index in [-0.39, 0.29) is 0 Å². The maximum Gasteiger partial charge on any atom is 0.137 e. The van der Waals surface area contributed by atoms with Crippen LogP contribution in [0.1, 0.15) is 16.7 Å². The first-order valence-corrected chi connectivity index (χ1v) is 16.4. The number of rotatable bonds is 5. The molecule has 0 N–H and O–H groups in total. The molecule has 0 radical (unpaired) electrons. The van der Waals surface area contributed by atoms with Crippen LogP contribution in [0.2, 0.25) is 0 Å². The number of fused-ring (bicyclic) bond motifs is 5. The molecule has 0 spiro atoms. The van der Waals surface area contributed by atoms with E-state index in [1.807, 2.05) is 42.5 Å². The highest BCUT2D eigenvalue weighted by atomic mass is 15.0. The van der Waals surface area contributed by atoms with Crippen molar-refractivity contribution in [1.29, 1.82) is 0 Å². The van der Waals surface area contributed by atoms with Crippen LogP contribution in [0.4, 0.5) is 0 Å². The van der Waals surface area contributed by atoms with Crippen LogP contribution in [0, 0.1) is 0 Å². The summed E-state index contributed by atoms with van der Waals surface area (Å²) in [7, 11) is 0. The van der Waals surface area contributed by atoms with E-state index < -0.39 is 0 Å². The lowest BCUT2D eigenvalue weighted by molar-refractivity contribution is 1.22. The Bertz CT molecular complexity index is 2610. The van der Waals surface area contributed by atoms with Gasteiger partial charge in [0.25, 0.3) is 0 Å². The fourth-order valence-corrected chi connectivity index (χ4v) is 6.58. The molecule has 3 aromatic heterocycles. The van der Waals surface area contributed by atoms with Gasteiger partial charge in [0.05, 0.1) is 28.1 Å². The van der Waals surface area contributed by atoms with E-state index >= 15 is 0 Å². The summed E-state index contributed by atoms with van der Waals surface area (Å²) in [6.45, 7) is 0. The molecule has 0 amide bonds. The normalized spacial score (nSPS) is 17.0. The third-order valence-corrected chi connectivity index (χ3v) is 9.06. The zero-order valence-electron chi connectivity index (χ0n) is 26.6. The van der Waals surface area contributed by atoms with Crippen molar-refractivity contribution in [1.82, 2.24) is 14.4 Å². The van der Waals surface area contributed by atoms with Gasteiger partial charge in [0.1, 0.15) is 11.2 Å². The molecular formula is C45H30N4. The van der Waals surface area contributed by atoms with Crippen LogP contribution in [0.15, 0.2) is 187 Å². The fourth-order valence-electron chi connectivity index (χ4n) is 6.58. The molecule has 4 heteroatoms. The average molecular weight is 627 g/mol. The van der Waals surface area contributed by atoms with Gasteiger partial charge in [-0.3, -0.25) is 4.40 Å². The van der Waals surface area contributed by atoms with E-state index in [1.165, 1.54) is 11.1 Å². The number of para-hydroxylation sites is 1. The second-order valence-corrected chi connectivity index (χ2v) is 12.1. The number of nitrogens with zero attached hydrogens (tertiary/aromatic N) is 4. The molecule has 5 aromatic carbocycles. The van der Waals surface area contributed by atoms with Gasteiger partial charge in [-0.2, -0.15) is 0 Å². The summed E-state index contributed by atoms with van der Waals surface area (Å²) < 4.78 is 2.13. The first-order valence-electron chi connectivity index (χ1n) is 16.4. The SMILES string of the molecule is C1=C(c2ccc(-c3ccccc3)cc2)/C=C(c2ccccc2)\N=C(c2ccc(-c3nc4ccccc4c4nc5ccccn5c34)cc2)/C=C/1. The van der Waals surface area contributed by atoms with Crippen LogP contribution in [-0.2, 0) is 0 Å². The van der Waals surface area contributed by atoms with E-state index in [9.17, 15) is 0 Å². The molecule has 230 valence electrons. The molecule has 4 nitrogen and oxygen atoms in total. The quantitative estimate of drug-likeness (QED) is 0.191. The second kappa shape index (κ2) is 12.2. The second-order valence-electron chi connectivity index (χ2n) is 12.1. The Hall–Kier alpha value is -6.65. The summed E-state index contributed by atoms with van der Waals surface area (Å²) in [6, 6.07) is 52.5. The van der Waals surface area contributed by atoms with Crippen molar-refractivity contribution in [2.75, 3.05) is 0 Å². The van der Waals surface area contributed by atoms with Crippen molar-refractivity contribution in [2.45, 2.75) is 0 Å². The molecule has 0 saturated carbocycles. The van der Waals surface area contributed by atoms with Crippen molar-refractivity contribution in [2.24, 2.45) is 4.99 Å². The van der Waals surface area contributed by atoms with Crippen LogP contribution < -0.4 is 0 Å². The molecule has 0 saturated heterocycles. The Morgan fingerprint density at radius 2 is 1.12 bits per heavy atom. The van der Waals surface area contributed by atoms with Gasteiger partial charge in [-0.15, -0.1) is 0 Å². The fraction of sp³-hybridized carbons (Fsp3) is 0. The predicted molar refractivity (Wildman–Crippen MR) is 203 cm³/mol. The Labute approximate surface area is 284 Å². The number of imidazole rings is 1. The van der Waals surface area contributed by atoms with Crippen molar-refractivity contribution in [3.8, 4) is 22.4 Å². The zero-order chi connectivity index (χ0) is 32.6. The minimum Gasteiger partial charge on any atom is -0.298 e. The lowest BCUT2D eigenvalue weighted by Crippen LogP contribution is -2.00. The number of aromatic nitrogens is 3. The van der Waals surface area contributed by atoms with Crippen molar-refractivity contribution in [3.05, 3.63) is 199 Å². The van der Waals surface area contributed by atoms with E-state index in [0.717, 1.165) is 72.5 Å². The largest absolute Gasteiger partial charge is 0.298 e. The molecule has 49 heavy (non-hydrogen) atoms. The van der Waals surface area contributed by atoms with Gasteiger partial charge < -0.3 is 0 Å². The highest BCUT2D eigenvalue weighted by molar-refractivity contribution is 6.13. The van der Waals surface area contributed by atoms with Gasteiger partial charge in [0, 0.05) is 28.3 Å². The molecular weight excluding hydrogens is 597 g/mol. The maximum absolute atomic E-state index is 5.26. The van der Waals surface area contributed by atoms with Crippen LogP contribution in [0.5, 0.6) is 0 Å². The predicted octanol–water partition coefficient (Wildman–Crippen LogP) is 10.9. The molecule has 0 fully saturated rings. The maximum atomic E-state index is 5.26. The van der Waals surface area contributed by atoms with Gasteiger partial charge >= 0.3 is 0 Å². The Balaban J connectivity index is 1.10. The molecule has 0 aliphatic carbocycles. The summed E-state index contributed by atoms with van der Waals surface area (Å²) in [6.07, 6.45) is 10.6. The van der Waals surface area contributed by atoms with Gasteiger partial charge in [-0.25, -0.2) is 15.0 Å². The van der Waals surface area contributed by atoms with Crippen LogP contribution in [0.3, 0.4) is 0 Å². The topological polar surface area (TPSA) is 42.5 Å². The third kappa shape index (κ3) is 5.35. The highest BCUT2D eigenvalue weighted by Gasteiger charge is 2.17. The first-order chi connectivity index (χ1) is 24.3. The summed E-state index contributed by atoms with van der Waals surface area (Å²) in [5.74, 6) is 0. The third-order valence-electron chi connectivity index (χ3n) is 9.06. The van der Waals surface area contributed by atoms with Gasteiger partial charge in [-0.1, -0.05) is 146 Å². The summed E-state index contributed by atoms with van der Waals surface area (Å²) >= 11 is 0. The Kier molecular flexibility index (Phi) is 7.10. The van der Waals surface area contributed by atoms with Gasteiger partial charge in [-0.05, 0) is 52.6 Å². The van der Waals surface area contributed by atoms with E-state index in [0.29, 0.717) is 0 Å². The first kappa shape index (κ1) is 28.6. The number of aliphatic imine (C=N–C) groups is 1. The number of hydrogen-bond donors (Lipinski definition) is 0. The average Bonchev–Trinajstić information content (AvgIpc) is 3.56. The molecule has 0 unspecified atom stereocenters. The Morgan fingerprint density at radius 3 is 1.92 bits per heavy atom. The lowest BCUT2D eigenvalue weighted by Gasteiger charge is -2.12. The molecule has 0 bridgehead atoms. The molecule has 9 rings (SSSR count). The van der Waals surface area contributed by atoms with Crippen molar-refractivity contribution < 1.29 is 0 Å². The van der Waals surface area contributed by atoms with Crippen molar-refractivity contribution in [3.63, 3.8) is 0 Å². The molecule has 4 heterocycles. The summed E-state index contributed by atoms with van der Waals surface area (Å²) in [4.78, 5) is 15.4. The Morgan fingerprint density at radius 1 is 0.490 bits per heavy atom. The number of allylic oxidation sites excluding steroid dienone is 5. The summed E-state index contributed by atoms with van der Waals surface area (Å²) in [5.41, 5.74) is 14.3. The van der Waals surface area contributed by atoms with Gasteiger partial charge in [0.15, 0.2) is 0 Å². The number of hydrogen-bond acceptors (Lipinski definition) is 3. The van der Waals surface area contributed by atoms with E-state index in [2.05, 4.69) is 144 Å². The van der Waals surface area contributed by atoms with Crippen LogP contribution in [-0.4, -0.2) is 20.1 Å². The number of pyridine rings is 2. The minimum atomic E-state index is 0.891. The number of benzene rings is 5. The van der Waals surface area contributed by atoms with Crippen molar-refractivity contribution >= 4 is 44.6 Å². The molecule has 1 aliphatic heterocycles. The highest BCUT2D eigenvalue weighted by Crippen LogP contribution is 2.34. The standard InChI is InChI=1S/C45H30N4/c1-3-12-31(13-4-1)32-21-23-33(24-22-32)37-16-11-19-39(46-41(30-37)34-14-5-2-6-15-34)35-25-27-36(28-26-35)43-45-44(38-17-7-8-18-40(38)47-43)48-42-20-9-10-29-49(42)45/h1-30H/b16-11?,19-11+,37-16-,37-30?,39-19?,41-30-,46-39+,46-41?. The smallest absolute Gasteiger partial charge is 0.137 e. The van der Waals surface area contributed by atoms with Crippen LogP contribution in [0.25, 0.3) is 61.2 Å². The minimum absolute atomic E-state index is 0.891. The van der Waals surface area contributed by atoms with E-state index in [1.54, 1.807) is 0 Å². The van der Waals surface area contributed by atoms with E-state index in [4.69, 9.17) is 15.0 Å². The molecule has 0 atom stereocenters. The van der Waals surface area contributed by atoms with Gasteiger partial charge in [0.2, 0.25) is 0 Å². The lowest BCUT2D eigenvalue weighted by atomic mass is 9.97. The zero-order valence-corrected chi connectivity index (χ0v) is 26.6. The summed E-state index contributed by atoms with van der Waals surface area (Å²) in [5, 5.41) is 1.05. The molecule has 1 aliphatic rings.